The maximum atomic E-state index is 12.3. The molecule has 100 valence electrons. The van der Waals surface area contributed by atoms with Crippen LogP contribution >= 0.6 is 0 Å². The van der Waals surface area contributed by atoms with Gasteiger partial charge in [0.05, 0.1) is 11.0 Å². The highest BCUT2D eigenvalue weighted by Crippen LogP contribution is 2.25. The Morgan fingerprint density at radius 1 is 1.17 bits per heavy atom. The first-order valence-electron chi connectivity index (χ1n) is 6.08. The van der Waals surface area contributed by atoms with E-state index in [1.54, 1.807) is 0 Å². The second-order valence-electron chi connectivity index (χ2n) is 5.17. The largest absolute Gasteiger partial charge is 0.393 e. The summed E-state index contributed by atoms with van der Waals surface area (Å²) in [7, 11) is -3.48. The maximum Gasteiger partial charge on any atom is 0.241 e. The van der Waals surface area contributed by atoms with E-state index in [1.165, 1.54) is 0 Å². The lowest BCUT2D eigenvalue weighted by molar-refractivity contribution is 0.0712. The Morgan fingerprint density at radius 3 is 2.11 bits per heavy atom. The zero-order chi connectivity index (χ0) is 13.5. The minimum absolute atomic E-state index is 0.134. The lowest BCUT2D eigenvalue weighted by Gasteiger charge is -2.32. The summed E-state index contributed by atoms with van der Waals surface area (Å²) >= 11 is 0. The molecule has 1 aromatic rings. The van der Waals surface area contributed by atoms with Crippen LogP contribution in [0.1, 0.15) is 29.5 Å². The number of hydrogen-bond donors (Lipinski definition) is 2. The fourth-order valence-corrected chi connectivity index (χ4v) is 4.27. The topological polar surface area (TPSA) is 66.4 Å². The number of aliphatic hydroxyl groups is 1. The highest BCUT2D eigenvalue weighted by molar-refractivity contribution is 7.89. The molecule has 0 bridgehead atoms. The first kappa shape index (κ1) is 13.5. The third-order valence-corrected chi connectivity index (χ3v) is 5.13. The van der Waals surface area contributed by atoms with Crippen LogP contribution in [0.3, 0.4) is 0 Å². The fraction of sp³-hybridized carbons (Fsp3) is 0.538. The molecular weight excluding hydrogens is 250 g/mol. The minimum atomic E-state index is -3.48. The first-order valence-corrected chi connectivity index (χ1v) is 7.56. The number of rotatable bonds is 3. The lowest BCUT2D eigenvalue weighted by Crippen LogP contribution is -2.46. The van der Waals surface area contributed by atoms with Crippen molar-refractivity contribution in [3.05, 3.63) is 28.8 Å². The Morgan fingerprint density at radius 2 is 1.67 bits per heavy atom. The average molecular weight is 269 g/mol. The molecule has 0 atom stereocenters. The third kappa shape index (κ3) is 2.58. The van der Waals surface area contributed by atoms with Crippen molar-refractivity contribution in [3.8, 4) is 0 Å². The van der Waals surface area contributed by atoms with Crippen molar-refractivity contribution in [1.29, 1.82) is 0 Å². The summed E-state index contributed by atoms with van der Waals surface area (Å²) in [6.45, 7) is 5.57. The Bertz CT molecular complexity index is 537. The fourth-order valence-electron chi connectivity index (χ4n) is 2.55. The number of sulfonamides is 1. The van der Waals surface area contributed by atoms with E-state index in [0.717, 1.165) is 16.7 Å². The van der Waals surface area contributed by atoms with Gasteiger partial charge in [-0.15, -0.1) is 0 Å². The predicted octanol–water partition coefficient (Wildman–Crippen LogP) is 1.41. The van der Waals surface area contributed by atoms with Crippen LogP contribution in [0, 0.1) is 20.8 Å². The van der Waals surface area contributed by atoms with Crippen molar-refractivity contribution >= 4 is 10.0 Å². The van der Waals surface area contributed by atoms with Crippen LogP contribution in [-0.2, 0) is 10.0 Å². The van der Waals surface area contributed by atoms with Crippen LogP contribution in [0.25, 0.3) is 0 Å². The van der Waals surface area contributed by atoms with Crippen LogP contribution in [0.5, 0.6) is 0 Å². The number of aryl methyl sites for hydroxylation is 3. The molecule has 0 heterocycles. The molecule has 5 heteroatoms. The van der Waals surface area contributed by atoms with Gasteiger partial charge in [-0.3, -0.25) is 0 Å². The molecule has 1 fully saturated rings. The minimum Gasteiger partial charge on any atom is -0.393 e. The van der Waals surface area contributed by atoms with E-state index in [0.29, 0.717) is 17.7 Å². The van der Waals surface area contributed by atoms with Gasteiger partial charge < -0.3 is 5.11 Å². The standard InChI is InChI=1S/C13H19NO3S/c1-8-4-9(2)13(10(3)5-8)18(16,17)14-11-6-12(15)7-11/h4-5,11-12,14-15H,6-7H2,1-3H3. The molecule has 18 heavy (non-hydrogen) atoms. The quantitative estimate of drug-likeness (QED) is 0.872. The van der Waals surface area contributed by atoms with Gasteiger partial charge in [-0.05, 0) is 44.7 Å². The molecule has 0 spiro atoms. The van der Waals surface area contributed by atoms with Gasteiger partial charge in [0.25, 0.3) is 0 Å². The normalized spacial score (nSPS) is 23.8. The van der Waals surface area contributed by atoms with Crippen molar-refractivity contribution in [3.63, 3.8) is 0 Å². The number of hydrogen-bond acceptors (Lipinski definition) is 3. The average Bonchev–Trinajstić information content (AvgIpc) is 2.11. The zero-order valence-electron chi connectivity index (χ0n) is 10.9. The van der Waals surface area contributed by atoms with Gasteiger partial charge in [-0.2, -0.15) is 0 Å². The molecule has 0 radical (unpaired) electrons. The Labute approximate surface area is 108 Å². The molecule has 0 aliphatic heterocycles. The second-order valence-corrected chi connectivity index (χ2v) is 6.82. The summed E-state index contributed by atoms with van der Waals surface area (Å²) in [5, 5.41) is 9.20. The van der Waals surface area contributed by atoms with Crippen LogP contribution in [0.2, 0.25) is 0 Å². The monoisotopic (exact) mass is 269 g/mol. The summed E-state index contributed by atoms with van der Waals surface area (Å²) in [4.78, 5) is 0.370. The van der Waals surface area contributed by atoms with E-state index in [2.05, 4.69) is 4.72 Å². The summed E-state index contributed by atoms with van der Waals surface area (Å²) in [5.74, 6) is 0. The predicted molar refractivity (Wildman–Crippen MR) is 70.0 cm³/mol. The van der Waals surface area contributed by atoms with Crippen molar-refractivity contribution in [2.45, 2.75) is 50.7 Å². The Balaban J connectivity index is 2.30. The van der Waals surface area contributed by atoms with E-state index >= 15 is 0 Å². The van der Waals surface area contributed by atoms with Crippen molar-refractivity contribution in [2.24, 2.45) is 0 Å². The van der Waals surface area contributed by atoms with E-state index in [4.69, 9.17) is 0 Å². The summed E-state index contributed by atoms with van der Waals surface area (Å²) in [5.41, 5.74) is 2.59. The van der Waals surface area contributed by atoms with Gasteiger partial charge in [0.15, 0.2) is 0 Å². The van der Waals surface area contributed by atoms with Crippen molar-refractivity contribution in [1.82, 2.24) is 4.72 Å². The SMILES string of the molecule is Cc1cc(C)c(S(=O)(=O)NC2CC(O)C2)c(C)c1. The molecule has 0 aromatic heterocycles. The molecule has 0 unspecified atom stereocenters. The molecule has 1 aliphatic carbocycles. The number of aliphatic hydroxyl groups excluding tert-OH is 1. The first-order chi connectivity index (χ1) is 8.29. The molecule has 0 saturated heterocycles. The van der Waals surface area contributed by atoms with Gasteiger partial charge in [0, 0.05) is 6.04 Å². The molecule has 1 saturated carbocycles. The third-order valence-electron chi connectivity index (χ3n) is 3.31. The van der Waals surface area contributed by atoms with Crippen LogP contribution in [0.4, 0.5) is 0 Å². The van der Waals surface area contributed by atoms with Crippen molar-refractivity contribution in [2.75, 3.05) is 0 Å². The van der Waals surface area contributed by atoms with Crippen molar-refractivity contribution < 1.29 is 13.5 Å². The van der Waals surface area contributed by atoms with E-state index in [1.807, 2.05) is 32.9 Å². The van der Waals surface area contributed by atoms with Crippen LogP contribution in [0.15, 0.2) is 17.0 Å². The van der Waals surface area contributed by atoms with Gasteiger partial charge in [-0.1, -0.05) is 17.7 Å². The molecule has 2 N–H and O–H groups in total. The summed E-state index contributed by atoms with van der Waals surface area (Å²) in [6.07, 6.45) is 0.643. The van der Waals surface area contributed by atoms with E-state index < -0.39 is 10.0 Å². The summed E-state index contributed by atoms with van der Waals surface area (Å²) in [6, 6.07) is 3.61. The van der Waals surface area contributed by atoms with Gasteiger partial charge >= 0.3 is 0 Å². The van der Waals surface area contributed by atoms with Gasteiger partial charge in [0.2, 0.25) is 10.0 Å². The van der Waals surface area contributed by atoms with Crippen LogP contribution in [-0.4, -0.2) is 25.7 Å². The molecule has 0 amide bonds. The van der Waals surface area contributed by atoms with Gasteiger partial charge in [-0.25, -0.2) is 13.1 Å². The highest BCUT2D eigenvalue weighted by Gasteiger charge is 2.32. The molecule has 1 aliphatic rings. The number of benzene rings is 1. The zero-order valence-corrected chi connectivity index (χ0v) is 11.7. The Hall–Kier alpha value is -0.910. The molecule has 2 rings (SSSR count). The molecule has 4 nitrogen and oxygen atoms in total. The van der Waals surface area contributed by atoms with E-state index in [-0.39, 0.29) is 12.1 Å². The molecule has 1 aromatic carbocycles. The smallest absolute Gasteiger partial charge is 0.241 e. The summed E-state index contributed by atoms with van der Waals surface area (Å²) < 4.78 is 27.3. The highest BCUT2D eigenvalue weighted by atomic mass is 32.2. The number of nitrogens with one attached hydrogen (secondary N) is 1. The Kier molecular flexibility index (Phi) is 3.49. The lowest BCUT2D eigenvalue weighted by atomic mass is 9.91. The van der Waals surface area contributed by atoms with Gasteiger partial charge in [0.1, 0.15) is 0 Å². The van der Waals surface area contributed by atoms with E-state index in [9.17, 15) is 13.5 Å². The van der Waals surface area contributed by atoms with Crippen LogP contribution < -0.4 is 4.72 Å². The molecular formula is C13H19NO3S. The second kappa shape index (κ2) is 4.64. The maximum absolute atomic E-state index is 12.3.